The average Bonchev–Trinajstić information content (AvgIpc) is 3.17. The largest absolute Gasteiger partial charge is 0.352 e. The molecular weight excluding hydrogens is 372 g/mol. The van der Waals surface area contributed by atoms with Gasteiger partial charge in [-0.05, 0) is 54.4 Å². The summed E-state index contributed by atoms with van der Waals surface area (Å²) >= 11 is 1.48. The molecule has 0 radical (unpaired) electrons. The van der Waals surface area contributed by atoms with Crippen molar-refractivity contribution in [1.82, 2.24) is 10.2 Å². The Morgan fingerprint density at radius 3 is 2.71 bits per heavy atom. The van der Waals surface area contributed by atoms with Crippen molar-refractivity contribution in [1.29, 1.82) is 0 Å². The predicted molar refractivity (Wildman–Crippen MR) is 113 cm³/mol. The molecule has 0 spiro atoms. The molecule has 4 N–H and O–H groups in total. The summed E-state index contributed by atoms with van der Waals surface area (Å²) in [6.07, 6.45) is 2.72. The third kappa shape index (κ3) is 6.07. The number of hydrogen-bond acceptors (Lipinski definition) is 4. The maximum atomic E-state index is 12.4. The number of thiophene rings is 1. The standard InChI is InChI=1S/C21H28N4O2S/c1-15-4-2-10-25(13-15)14-16-6-8-17(9-7-16)23-20(26)12-18(24-21(22)27)19-5-3-11-28-19/h3,5-9,11,15,18H,2,4,10,12-14H2,1H3,(H,23,26)(H3,22,24,27). The van der Waals surface area contributed by atoms with E-state index >= 15 is 0 Å². The molecule has 3 rings (SSSR count). The molecule has 2 unspecified atom stereocenters. The SMILES string of the molecule is CC1CCCN(Cc2ccc(NC(=O)CC(NC(N)=O)c3cccs3)cc2)C1. The quantitative estimate of drug-likeness (QED) is 0.662. The van der Waals surface area contributed by atoms with E-state index in [0.29, 0.717) is 0 Å². The maximum absolute atomic E-state index is 12.4. The zero-order valence-corrected chi connectivity index (χ0v) is 17.0. The molecule has 1 saturated heterocycles. The van der Waals surface area contributed by atoms with E-state index < -0.39 is 12.1 Å². The van der Waals surface area contributed by atoms with Crippen LogP contribution in [0, 0.1) is 5.92 Å². The van der Waals surface area contributed by atoms with Gasteiger partial charge in [-0.2, -0.15) is 0 Å². The molecule has 2 aromatic rings. The third-order valence-corrected chi connectivity index (χ3v) is 5.96. The van der Waals surface area contributed by atoms with Crippen LogP contribution in [0.2, 0.25) is 0 Å². The fourth-order valence-corrected chi connectivity index (χ4v) is 4.44. The topological polar surface area (TPSA) is 87.5 Å². The van der Waals surface area contributed by atoms with Crippen LogP contribution in [0.3, 0.4) is 0 Å². The number of amides is 3. The van der Waals surface area contributed by atoms with E-state index in [1.165, 1.54) is 29.7 Å². The Morgan fingerprint density at radius 2 is 2.07 bits per heavy atom. The third-order valence-electron chi connectivity index (χ3n) is 4.98. The number of piperidine rings is 1. The van der Waals surface area contributed by atoms with Crippen LogP contribution in [0.4, 0.5) is 10.5 Å². The van der Waals surface area contributed by atoms with E-state index in [0.717, 1.165) is 36.1 Å². The summed E-state index contributed by atoms with van der Waals surface area (Å²) in [5.74, 6) is 0.599. The Balaban J connectivity index is 1.54. The van der Waals surface area contributed by atoms with Gasteiger partial charge in [-0.3, -0.25) is 9.69 Å². The van der Waals surface area contributed by atoms with Gasteiger partial charge in [0.2, 0.25) is 5.91 Å². The van der Waals surface area contributed by atoms with Crippen molar-refractivity contribution in [3.05, 3.63) is 52.2 Å². The first-order chi connectivity index (χ1) is 13.5. The van der Waals surface area contributed by atoms with Gasteiger partial charge in [0.25, 0.3) is 0 Å². The van der Waals surface area contributed by atoms with Gasteiger partial charge in [0.1, 0.15) is 0 Å². The van der Waals surface area contributed by atoms with Crippen LogP contribution in [-0.4, -0.2) is 29.9 Å². The maximum Gasteiger partial charge on any atom is 0.312 e. The number of nitrogens with two attached hydrogens (primary N) is 1. The minimum atomic E-state index is -0.636. The Bertz CT molecular complexity index is 776. The second-order valence-electron chi connectivity index (χ2n) is 7.51. The van der Waals surface area contributed by atoms with E-state index in [-0.39, 0.29) is 12.3 Å². The second-order valence-corrected chi connectivity index (χ2v) is 8.49. The van der Waals surface area contributed by atoms with Crippen LogP contribution in [0.5, 0.6) is 0 Å². The summed E-state index contributed by atoms with van der Waals surface area (Å²) in [5.41, 5.74) is 7.25. The van der Waals surface area contributed by atoms with Crippen molar-refractivity contribution in [2.24, 2.45) is 11.7 Å². The van der Waals surface area contributed by atoms with Crippen LogP contribution in [-0.2, 0) is 11.3 Å². The Kier molecular flexibility index (Phi) is 7.06. The summed E-state index contributed by atoms with van der Waals surface area (Å²) in [7, 11) is 0. The number of carbonyl (C=O) groups is 2. The smallest absolute Gasteiger partial charge is 0.312 e. The zero-order chi connectivity index (χ0) is 19.9. The van der Waals surface area contributed by atoms with Crippen LogP contribution in [0.1, 0.15) is 42.7 Å². The predicted octanol–water partition coefficient (Wildman–Crippen LogP) is 3.72. The van der Waals surface area contributed by atoms with Crippen LogP contribution in [0.25, 0.3) is 0 Å². The van der Waals surface area contributed by atoms with Crippen molar-refractivity contribution in [3.63, 3.8) is 0 Å². The van der Waals surface area contributed by atoms with Gasteiger partial charge in [0.05, 0.1) is 12.5 Å². The van der Waals surface area contributed by atoms with Crippen molar-refractivity contribution >= 4 is 29.0 Å². The minimum Gasteiger partial charge on any atom is -0.352 e. The summed E-state index contributed by atoms with van der Waals surface area (Å²) in [4.78, 5) is 27.1. The number of primary amides is 1. The number of nitrogens with zero attached hydrogens (tertiary/aromatic N) is 1. The highest BCUT2D eigenvalue weighted by Gasteiger charge is 2.19. The lowest BCUT2D eigenvalue weighted by atomic mass is 10.00. The summed E-state index contributed by atoms with van der Waals surface area (Å²) in [6.45, 7) is 5.55. The first kappa shape index (κ1) is 20.4. The molecule has 1 aliphatic heterocycles. The van der Waals surface area contributed by atoms with Gasteiger partial charge in [-0.1, -0.05) is 25.1 Å². The number of nitrogens with one attached hydrogen (secondary N) is 2. The van der Waals surface area contributed by atoms with Gasteiger partial charge in [-0.25, -0.2) is 4.79 Å². The molecule has 3 amide bonds. The molecular formula is C21H28N4O2S. The fraction of sp³-hybridized carbons (Fsp3) is 0.429. The first-order valence-corrected chi connectivity index (χ1v) is 10.6. The highest BCUT2D eigenvalue weighted by atomic mass is 32.1. The summed E-state index contributed by atoms with van der Waals surface area (Å²) < 4.78 is 0. The fourth-order valence-electron chi connectivity index (χ4n) is 3.66. The van der Waals surface area contributed by atoms with E-state index in [9.17, 15) is 9.59 Å². The van der Waals surface area contributed by atoms with Crippen molar-refractivity contribution < 1.29 is 9.59 Å². The Labute approximate surface area is 170 Å². The Morgan fingerprint density at radius 1 is 1.29 bits per heavy atom. The van der Waals surface area contributed by atoms with E-state index in [1.807, 2.05) is 29.6 Å². The van der Waals surface area contributed by atoms with Crippen LogP contribution in [0.15, 0.2) is 41.8 Å². The van der Waals surface area contributed by atoms with Crippen LogP contribution >= 0.6 is 11.3 Å². The molecule has 150 valence electrons. The number of anilines is 1. The van der Waals surface area contributed by atoms with Crippen molar-refractivity contribution in [3.8, 4) is 0 Å². The molecule has 2 heterocycles. The van der Waals surface area contributed by atoms with Crippen molar-refractivity contribution in [2.45, 2.75) is 38.8 Å². The van der Waals surface area contributed by atoms with Crippen molar-refractivity contribution in [2.75, 3.05) is 18.4 Å². The summed E-state index contributed by atoms with van der Waals surface area (Å²) in [5, 5.41) is 7.45. The van der Waals surface area contributed by atoms with E-state index in [4.69, 9.17) is 5.73 Å². The normalized spacial score (nSPS) is 18.4. The van der Waals surface area contributed by atoms with Gasteiger partial charge in [-0.15, -0.1) is 11.3 Å². The number of rotatable bonds is 7. The lowest BCUT2D eigenvalue weighted by molar-refractivity contribution is -0.116. The molecule has 0 saturated carbocycles. The van der Waals surface area contributed by atoms with Gasteiger partial charge < -0.3 is 16.4 Å². The molecule has 2 atom stereocenters. The molecule has 1 fully saturated rings. The number of likely N-dealkylation sites (tertiary alicyclic amines) is 1. The highest BCUT2D eigenvalue weighted by molar-refractivity contribution is 7.10. The second kappa shape index (κ2) is 9.71. The molecule has 6 nitrogen and oxygen atoms in total. The lowest BCUT2D eigenvalue weighted by Gasteiger charge is -2.30. The molecule has 0 bridgehead atoms. The molecule has 1 aliphatic rings. The summed E-state index contributed by atoms with van der Waals surface area (Å²) in [6, 6.07) is 10.7. The number of carbonyl (C=O) groups excluding carboxylic acids is 2. The van der Waals surface area contributed by atoms with E-state index in [2.05, 4.69) is 34.6 Å². The molecule has 28 heavy (non-hydrogen) atoms. The number of hydrogen-bond donors (Lipinski definition) is 3. The molecule has 7 heteroatoms. The molecule has 1 aromatic carbocycles. The minimum absolute atomic E-state index is 0.136. The monoisotopic (exact) mass is 400 g/mol. The molecule has 1 aromatic heterocycles. The Hall–Kier alpha value is -2.38. The molecule has 0 aliphatic carbocycles. The van der Waals surface area contributed by atoms with Gasteiger partial charge in [0.15, 0.2) is 0 Å². The van der Waals surface area contributed by atoms with Crippen LogP contribution < -0.4 is 16.4 Å². The highest BCUT2D eigenvalue weighted by Crippen LogP contribution is 2.23. The van der Waals surface area contributed by atoms with E-state index in [1.54, 1.807) is 0 Å². The number of benzene rings is 1. The average molecular weight is 401 g/mol. The lowest BCUT2D eigenvalue weighted by Crippen LogP contribution is -2.34. The zero-order valence-electron chi connectivity index (χ0n) is 16.2. The van der Waals surface area contributed by atoms with Gasteiger partial charge >= 0.3 is 6.03 Å². The number of urea groups is 1. The first-order valence-electron chi connectivity index (χ1n) is 9.70. The van der Waals surface area contributed by atoms with Gasteiger partial charge in [0, 0.05) is 23.7 Å².